The van der Waals surface area contributed by atoms with Crippen molar-refractivity contribution in [3.8, 4) is 5.75 Å². The van der Waals surface area contributed by atoms with E-state index in [1.165, 1.54) is 16.2 Å². The molecule has 0 aliphatic carbocycles. The summed E-state index contributed by atoms with van der Waals surface area (Å²) in [5.41, 5.74) is 0.568. The van der Waals surface area contributed by atoms with Crippen molar-refractivity contribution in [1.29, 1.82) is 0 Å². The van der Waals surface area contributed by atoms with Crippen molar-refractivity contribution in [1.82, 2.24) is 4.90 Å². The Hall–Kier alpha value is -2.57. The molecule has 0 aliphatic heterocycles. The van der Waals surface area contributed by atoms with Crippen LogP contribution in [-0.4, -0.2) is 36.9 Å². The smallest absolute Gasteiger partial charge is 0.265 e. The largest absolute Gasteiger partial charge is 0.495 e. The van der Waals surface area contributed by atoms with Gasteiger partial charge in [0.05, 0.1) is 17.8 Å². The van der Waals surface area contributed by atoms with Crippen LogP contribution >= 0.6 is 22.9 Å². The molecule has 0 unspecified atom stereocenters. The summed E-state index contributed by atoms with van der Waals surface area (Å²) in [4.78, 5) is 27.6. The summed E-state index contributed by atoms with van der Waals surface area (Å²) in [6.45, 7) is 2.36. The molecule has 1 heterocycles. The van der Waals surface area contributed by atoms with E-state index in [2.05, 4.69) is 5.32 Å². The van der Waals surface area contributed by atoms with Gasteiger partial charge in [-0.1, -0.05) is 48.9 Å². The monoisotopic (exact) mass is 416 g/mol. The SMILES string of the molecule is CCCN(CC(=O)Nc1ccccc1OC)C(=O)c1sc2ccccc2c1Cl. The maximum Gasteiger partial charge on any atom is 0.265 e. The summed E-state index contributed by atoms with van der Waals surface area (Å²) in [6, 6.07) is 14.8. The third-order valence-corrected chi connectivity index (χ3v) is 5.89. The minimum absolute atomic E-state index is 0.0602. The van der Waals surface area contributed by atoms with E-state index in [-0.39, 0.29) is 18.4 Å². The fourth-order valence-electron chi connectivity index (χ4n) is 2.93. The number of hydrogen-bond acceptors (Lipinski definition) is 4. The Morgan fingerprint density at radius 3 is 2.57 bits per heavy atom. The molecule has 0 atom stereocenters. The zero-order valence-corrected chi connectivity index (χ0v) is 17.3. The predicted octanol–water partition coefficient (Wildman–Crippen LogP) is 5.05. The number of rotatable bonds is 7. The normalized spacial score (nSPS) is 10.7. The van der Waals surface area contributed by atoms with E-state index in [1.54, 1.807) is 19.2 Å². The molecule has 0 saturated carbocycles. The number of halogens is 1. The lowest BCUT2D eigenvalue weighted by molar-refractivity contribution is -0.116. The van der Waals surface area contributed by atoms with Crippen LogP contribution < -0.4 is 10.1 Å². The minimum Gasteiger partial charge on any atom is -0.495 e. The van der Waals surface area contributed by atoms with E-state index >= 15 is 0 Å². The quantitative estimate of drug-likeness (QED) is 0.586. The number of thiophene rings is 1. The number of anilines is 1. The zero-order valence-electron chi connectivity index (χ0n) is 15.7. The van der Waals surface area contributed by atoms with E-state index in [0.717, 1.165) is 16.5 Å². The van der Waals surface area contributed by atoms with Crippen molar-refractivity contribution < 1.29 is 14.3 Å². The highest BCUT2D eigenvalue weighted by Crippen LogP contribution is 2.36. The van der Waals surface area contributed by atoms with Crippen LogP contribution in [0.5, 0.6) is 5.75 Å². The van der Waals surface area contributed by atoms with Crippen LogP contribution in [0.2, 0.25) is 5.02 Å². The summed E-state index contributed by atoms with van der Waals surface area (Å²) in [6.07, 6.45) is 0.732. The molecule has 7 heteroatoms. The number of para-hydroxylation sites is 2. The molecule has 0 saturated heterocycles. The van der Waals surface area contributed by atoms with E-state index in [9.17, 15) is 9.59 Å². The summed E-state index contributed by atoms with van der Waals surface area (Å²) in [5, 5.41) is 4.11. The maximum absolute atomic E-state index is 13.1. The van der Waals surface area contributed by atoms with Gasteiger partial charge in [-0.3, -0.25) is 9.59 Å². The van der Waals surface area contributed by atoms with Crippen LogP contribution in [0.25, 0.3) is 10.1 Å². The summed E-state index contributed by atoms with van der Waals surface area (Å²) in [5.74, 6) is 0.0449. The lowest BCUT2D eigenvalue weighted by atomic mass is 10.2. The lowest BCUT2D eigenvalue weighted by Gasteiger charge is -2.21. The second kappa shape index (κ2) is 9.08. The van der Waals surface area contributed by atoms with E-state index < -0.39 is 0 Å². The van der Waals surface area contributed by atoms with Gasteiger partial charge in [-0.25, -0.2) is 0 Å². The van der Waals surface area contributed by atoms with Gasteiger partial charge in [-0.15, -0.1) is 11.3 Å². The molecule has 0 radical (unpaired) electrons. The molecule has 0 aliphatic rings. The average molecular weight is 417 g/mol. The number of fused-ring (bicyclic) bond motifs is 1. The molecule has 28 heavy (non-hydrogen) atoms. The van der Waals surface area contributed by atoms with Crippen molar-refractivity contribution in [2.75, 3.05) is 25.5 Å². The van der Waals surface area contributed by atoms with E-state index in [4.69, 9.17) is 16.3 Å². The van der Waals surface area contributed by atoms with Gasteiger partial charge in [0.2, 0.25) is 5.91 Å². The molecule has 0 spiro atoms. The van der Waals surface area contributed by atoms with Gasteiger partial charge < -0.3 is 15.0 Å². The maximum atomic E-state index is 13.1. The molecule has 1 aromatic heterocycles. The molecule has 1 N–H and O–H groups in total. The summed E-state index contributed by atoms with van der Waals surface area (Å²) >= 11 is 7.80. The van der Waals surface area contributed by atoms with Crippen LogP contribution in [0, 0.1) is 0 Å². The first kappa shape index (κ1) is 20.2. The molecule has 3 aromatic rings. The number of nitrogens with one attached hydrogen (secondary N) is 1. The Morgan fingerprint density at radius 2 is 1.86 bits per heavy atom. The third-order valence-electron chi connectivity index (χ3n) is 4.23. The molecular weight excluding hydrogens is 396 g/mol. The first-order valence-electron chi connectivity index (χ1n) is 8.94. The number of carbonyl (C=O) groups excluding carboxylic acids is 2. The Kier molecular flexibility index (Phi) is 6.54. The second-order valence-corrected chi connectivity index (χ2v) is 7.65. The van der Waals surface area contributed by atoms with Crippen molar-refractivity contribution in [2.45, 2.75) is 13.3 Å². The summed E-state index contributed by atoms with van der Waals surface area (Å²) in [7, 11) is 1.54. The number of benzene rings is 2. The summed E-state index contributed by atoms with van der Waals surface area (Å²) < 4.78 is 6.20. The topological polar surface area (TPSA) is 58.6 Å². The van der Waals surface area contributed by atoms with Crippen LogP contribution in [0.1, 0.15) is 23.0 Å². The number of methoxy groups -OCH3 is 1. The van der Waals surface area contributed by atoms with Crippen molar-refractivity contribution in [2.24, 2.45) is 0 Å². The number of amides is 2. The standard InChI is InChI=1S/C21H21ClN2O3S/c1-3-12-24(13-18(25)23-15-9-5-6-10-16(15)27-2)21(26)20-19(22)14-8-4-7-11-17(14)28-20/h4-11H,3,12-13H2,1-2H3,(H,23,25). The van der Waals surface area contributed by atoms with E-state index in [1.807, 2.05) is 43.3 Å². The molecular formula is C21H21ClN2O3S. The Bertz CT molecular complexity index is 1000. The Labute approximate surface area is 172 Å². The van der Waals surface area contributed by atoms with Crippen molar-refractivity contribution >= 4 is 50.5 Å². The number of carbonyl (C=O) groups is 2. The number of hydrogen-bond donors (Lipinski definition) is 1. The van der Waals surface area contributed by atoms with E-state index in [0.29, 0.717) is 27.9 Å². The fraction of sp³-hybridized carbons (Fsp3) is 0.238. The van der Waals surface area contributed by atoms with Crippen LogP contribution in [0.4, 0.5) is 5.69 Å². The molecule has 2 amide bonds. The average Bonchev–Trinajstić information content (AvgIpc) is 3.04. The fourth-order valence-corrected chi connectivity index (χ4v) is 4.41. The van der Waals surface area contributed by atoms with Gasteiger partial charge in [-0.2, -0.15) is 0 Å². The van der Waals surface area contributed by atoms with Gasteiger partial charge in [0.15, 0.2) is 0 Å². The lowest BCUT2D eigenvalue weighted by Crippen LogP contribution is -2.38. The molecule has 146 valence electrons. The number of ether oxygens (including phenoxy) is 1. The molecule has 5 nitrogen and oxygen atoms in total. The zero-order chi connectivity index (χ0) is 20.1. The highest BCUT2D eigenvalue weighted by atomic mass is 35.5. The van der Waals surface area contributed by atoms with Crippen molar-refractivity contribution in [3.05, 3.63) is 58.4 Å². The molecule has 3 rings (SSSR count). The predicted molar refractivity (Wildman–Crippen MR) is 115 cm³/mol. The first-order chi connectivity index (χ1) is 13.5. The second-order valence-electron chi connectivity index (χ2n) is 6.22. The minimum atomic E-state index is -0.288. The van der Waals surface area contributed by atoms with Gasteiger partial charge in [0, 0.05) is 16.6 Å². The Morgan fingerprint density at radius 1 is 1.14 bits per heavy atom. The van der Waals surface area contributed by atoms with Gasteiger partial charge in [-0.05, 0) is 24.6 Å². The van der Waals surface area contributed by atoms with Crippen molar-refractivity contribution in [3.63, 3.8) is 0 Å². The van der Waals surface area contributed by atoms with Crippen LogP contribution in [0.3, 0.4) is 0 Å². The third kappa shape index (κ3) is 4.29. The Balaban J connectivity index is 1.79. The van der Waals surface area contributed by atoms with Crippen LogP contribution in [-0.2, 0) is 4.79 Å². The van der Waals surface area contributed by atoms with Gasteiger partial charge >= 0.3 is 0 Å². The molecule has 2 aromatic carbocycles. The highest BCUT2D eigenvalue weighted by Gasteiger charge is 2.24. The van der Waals surface area contributed by atoms with Gasteiger partial charge in [0.25, 0.3) is 5.91 Å². The van der Waals surface area contributed by atoms with Crippen LogP contribution in [0.15, 0.2) is 48.5 Å². The molecule has 0 fully saturated rings. The van der Waals surface area contributed by atoms with Gasteiger partial charge in [0.1, 0.15) is 17.2 Å². The highest BCUT2D eigenvalue weighted by molar-refractivity contribution is 7.21. The number of nitrogens with zero attached hydrogens (tertiary/aromatic N) is 1. The molecule has 0 bridgehead atoms. The first-order valence-corrected chi connectivity index (χ1v) is 10.1.